The van der Waals surface area contributed by atoms with Crippen LogP contribution in [0, 0.1) is 0 Å². The van der Waals surface area contributed by atoms with Crippen molar-refractivity contribution in [1.82, 2.24) is 0 Å². The van der Waals surface area contributed by atoms with Crippen molar-refractivity contribution in [3.8, 4) is 5.75 Å². The third-order valence-electron chi connectivity index (χ3n) is 2.24. The van der Waals surface area contributed by atoms with Crippen LogP contribution >= 0.6 is 0 Å². The summed E-state index contributed by atoms with van der Waals surface area (Å²) in [4.78, 5) is 22.3. The quantitative estimate of drug-likeness (QED) is 0.559. The predicted molar refractivity (Wildman–Crippen MR) is 57.4 cm³/mol. The number of benzene rings is 1. The van der Waals surface area contributed by atoms with Gasteiger partial charge in [-0.3, -0.25) is 9.59 Å². The van der Waals surface area contributed by atoms with Gasteiger partial charge in [0, 0.05) is 12.5 Å². The van der Waals surface area contributed by atoms with E-state index in [9.17, 15) is 9.59 Å². The molecule has 0 aromatic heterocycles. The minimum absolute atomic E-state index is 0.431. The van der Waals surface area contributed by atoms with Crippen molar-refractivity contribution < 1.29 is 14.3 Å². The van der Waals surface area contributed by atoms with Gasteiger partial charge in [0.25, 0.3) is 0 Å². The fourth-order valence-corrected chi connectivity index (χ4v) is 1.40. The minimum Gasteiger partial charge on any atom is -0.496 e. The molecule has 3 nitrogen and oxygen atoms in total. The maximum absolute atomic E-state index is 11.4. The van der Waals surface area contributed by atoms with Crippen LogP contribution in [0.4, 0.5) is 0 Å². The first-order valence-corrected chi connectivity index (χ1v) is 4.82. The lowest BCUT2D eigenvalue weighted by Gasteiger charge is -2.07. The zero-order chi connectivity index (χ0) is 11.4. The molecule has 0 radical (unpaired) electrons. The van der Waals surface area contributed by atoms with Crippen LogP contribution in [0.25, 0.3) is 0 Å². The highest BCUT2D eigenvalue weighted by atomic mass is 16.5. The lowest BCUT2D eigenvalue weighted by Crippen LogP contribution is -2.10. The predicted octanol–water partition coefficient (Wildman–Crippen LogP) is 2.03. The van der Waals surface area contributed by atoms with E-state index in [1.165, 1.54) is 6.92 Å². The molecule has 0 N–H and O–H groups in total. The van der Waals surface area contributed by atoms with E-state index >= 15 is 0 Å². The van der Waals surface area contributed by atoms with E-state index in [0.29, 0.717) is 5.56 Å². The SMILES string of the molecule is CCc1cc(C(=O)C(C)=O)ccc1OC. The van der Waals surface area contributed by atoms with Crippen LogP contribution in [0.3, 0.4) is 0 Å². The molecule has 0 bridgehead atoms. The molecule has 1 aromatic carbocycles. The van der Waals surface area contributed by atoms with Gasteiger partial charge < -0.3 is 4.74 Å². The average Bonchev–Trinajstić information content (AvgIpc) is 2.26. The fourth-order valence-electron chi connectivity index (χ4n) is 1.40. The standard InChI is InChI=1S/C12H14O3/c1-4-9-7-10(12(14)8(2)13)5-6-11(9)15-3/h5-7H,4H2,1-3H3. The number of Topliss-reactive ketones (excluding diaryl/α,β-unsaturated/α-hetero) is 2. The summed E-state index contributed by atoms with van der Waals surface area (Å²) in [6, 6.07) is 5.04. The number of aryl methyl sites for hydroxylation is 1. The molecule has 0 fully saturated rings. The normalized spacial score (nSPS) is 9.80. The number of methoxy groups -OCH3 is 1. The van der Waals surface area contributed by atoms with Crippen molar-refractivity contribution in [2.45, 2.75) is 20.3 Å². The second-order valence-corrected chi connectivity index (χ2v) is 3.27. The molecule has 15 heavy (non-hydrogen) atoms. The first-order valence-electron chi connectivity index (χ1n) is 4.82. The van der Waals surface area contributed by atoms with Gasteiger partial charge in [0.1, 0.15) is 5.75 Å². The molecular weight excluding hydrogens is 192 g/mol. The van der Waals surface area contributed by atoms with Gasteiger partial charge in [-0.1, -0.05) is 6.92 Å². The number of rotatable bonds is 4. The van der Waals surface area contributed by atoms with Crippen LogP contribution in [-0.2, 0) is 11.2 Å². The fraction of sp³-hybridized carbons (Fsp3) is 0.333. The summed E-state index contributed by atoms with van der Waals surface area (Å²) in [6.07, 6.45) is 0.766. The van der Waals surface area contributed by atoms with Crippen molar-refractivity contribution in [3.05, 3.63) is 29.3 Å². The Kier molecular flexibility index (Phi) is 3.61. The van der Waals surface area contributed by atoms with Gasteiger partial charge in [-0.25, -0.2) is 0 Å². The first-order chi connectivity index (χ1) is 7.10. The summed E-state index contributed by atoms with van der Waals surface area (Å²) in [5.74, 6) is -0.146. The van der Waals surface area contributed by atoms with Gasteiger partial charge in [-0.05, 0) is 30.2 Å². The lowest BCUT2D eigenvalue weighted by molar-refractivity contribution is -0.113. The summed E-state index contributed by atoms with van der Waals surface area (Å²) < 4.78 is 5.14. The molecule has 1 rings (SSSR count). The molecule has 1 aromatic rings. The van der Waals surface area contributed by atoms with Crippen LogP contribution in [0.5, 0.6) is 5.75 Å². The molecule has 3 heteroatoms. The van der Waals surface area contributed by atoms with Crippen LogP contribution in [-0.4, -0.2) is 18.7 Å². The highest BCUT2D eigenvalue weighted by molar-refractivity contribution is 6.42. The number of hydrogen-bond acceptors (Lipinski definition) is 3. The Balaban J connectivity index is 3.13. The molecule has 0 aliphatic heterocycles. The molecule has 0 spiro atoms. The number of ether oxygens (including phenoxy) is 1. The van der Waals surface area contributed by atoms with Gasteiger partial charge in [0.15, 0.2) is 5.78 Å². The molecule has 0 saturated carbocycles. The Morgan fingerprint density at radius 2 is 2.00 bits per heavy atom. The van der Waals surface area contributed by atoms with Crippen molar-refractivity contribution >= 4 is 11.6 Å². The van der Waals surface area contributed by atoms with Gasteiger partial charge in [0.05, 0.1) is 7.11 Å². The molecular formula is C12H14O3. The Bertz CT molecular complexity index is 394. The van der Waals surface area contributed by atoms with Crippen molar-refractivity contribution in [1.29, 1.82) is 0 Å². The van der Waals surface area contributed by atoms with Gasteiger partial charge in [-0.15, -0.1) is 0 Å². The molecule has 80 valence electrons. The van der Waals surface area contributed by atoms with E-state index in [1.54, 1.807) is 25.3 Å². The Hall–Kier alpha value is -1.64. The zero-order valence-corrected chi connectivity index (χ0v) is 9.16. The molecule has 0 aliphatic carbocycles. The van der Waals surface area contributed by atoms with E-state index in [-0.39, 0.29) is 0 Å². The number of carbonyl (C=O) groups is 2. The second-order valence-electron chi connectivity index (χ2n) is 3.27. The summed E-state index contributed by atoms with van der Waals surface area (Å²) in [6.45, 7) is 3.25. The maximum atomic E-state index is 11.4. The Morgan fingerprint density at radius 1 is 1.33 bits per heavy atom. The summed E-state index contributed by atoms with van der Waals surface area (Å²) in [5, 5.41) is 0. The molecule has 0 heterocycles. The van der Waals surface area contributed by atoms with Crippen molar-refractivity contribution in [2.75, 3.05) is 7.11 Å². The topological polar surface area (TPSA) is 43.4 Å². The molecule has 0 saturated heterocycles. The third-order valence-corrected chi connectivity index (χ3v) is 2.24. The van der Waals surface area contributed by atoms with Crippen molar-refractivity contribution in [2.24, 2.45) is 0 Å². The molecule has 0 aliphatic rings. The largest absolute Gasteiger partial charge is 0.496 e. The highest BCUT2D eigenvalue weighted by Crippen LogP contribution is 2.20. The van der Waals surface area contributed by atoms with Crippen LogP contribution in [0.15, 0.2) is 18.2 Å². The zero-order valence-electron chi connectivity index (χ0n) is 9.16. The average molecular weight is 206 g/mol. The van der Waals surface area contributed by atoms with Crippen molar-refractivity contribution in [3.63, 3.8) is 0 Å². The van der Waals surface area contributed by atoms with Crippen LogP contribution in [0.2, 0.25) is 0 Å². The number of carbonyl (C=O) groups excluding carboxylic acids is 2. The van der Waals surface area contributed by atoms with E-state index in [4.69, 9.17) is 4.74 Å². The first kappa shape index (κ1) is 11.4. The van der Waals surface area contributed by atoms with Crippen LogP contribution in [0.1, 0.15) is 29.8 Å². The summed E-state index contributed by atoms with van der Waals surface area (Å²) in [5.41, 5.74) is 1.37. The number of hydrogen-bond donors (Lipinski definition) is 0. The lowest BCUT2D eigenvalue weighted by atomic mass is 10.0. The smallest absolute Gasteiger partial charge is 0.228 e. The van der Waals surface area contributed by atoms with E-state index in [0.717, 1.165) is 17.7 Å². The molecule has 0 unspecified atom stereocenters. The van der Waals surface area contributed by atoms with Gasteiger partial charge >= 0.3 is 0 Å². The maximum Gasteiger partial charge on any atom is 0.228 e. The van der Waals surface area contributed by atoms with E-state index in [2.05, 4.69) is 0 Å². The van der Waals surface area contributed by atoms with E-state index in [1.807, 2.05) is 6.92 Å². The Labute approximate surface area is 89.1 Å². The molecule has 0 atom stereocenters. The third kappa shape index (κ3) is 2.43. The highest BCUT2D eigenvalue weighted by Gasteiger charge is 2.12. The van der Waals surface area contributed by atoms with Gasteiger partial charge in [0.2, 0.25) is 5.78 Å². The second kappa shape index (κ2) is 4.73. The number of ketones is 2. The van der Waals surface area contributed by atoms with Gasteiger partial charge in [-0.2, -0.15) is 0 Å². The summed E-state index contributed by atoms with van der Waals surface area (Å²) in [7, 11) is 1.58. The summed E-state index contributed by atoms with van der Waals surface area (Å²) >= 11 is 0. The minimum atomic E-state index is -0.452. The van der Waals surface area contributed by atoms with Crippen LogP contribution < -0.4 is 4.74 Å². The van der Waals surface area contributed by atoms with E-state index < -0.39 is 11.6 Å². The Morgan fingerprint density at radius 3 is 2.47 bits per heavy atom. The monoisotopic (exact) mass is 206 g/mol. The molecule has 0 amide bonds.